The third kappa shape index (κ3) is 2.13. The van der Waals surface area contributed by atoms with Gasteiger partial charge in [0.15, 0.2) is 0 Å². The number of rotatable bonds is 1. The Morgan fingerprint density at radius 2 is 2.25 bits per heavy atom. The fourth-order valence-electron chi connectivity index (χ4n) is 1.85. The molecule has 0 aromatic rings. The molecule has 1 rings (SSSR count). The van der Waals surface area contributed by atoms with Crippen molar-refractivity contribution in [3.05, 3.63) is 0 Å². The van der Waals surface area contributed by atoms with Crippen LogP contribution in [0.15, 0.2) is 0 Å². The van der Waals surface area contributed by atoms with Crippen LogP contribution in [0.5, 0.6) is 0 Å². The molecular formula is C9H16ClNO. The number of piperidine rings is 1. The highest BCUT2D eigenvalue weighted by atomic mass is 35.5. The zero-order valence-corrected chi connectivity index (χ0v) is 8.47. The van der Waals surface area contributed by atoms with E-state index in [1.807, 2.05) is 4.90 Å². The first-order valence-electron chi connectivity index (χ1n) is 4.50. The molecule has 1 amide bonds. The third-order valence-electron chi connectivity index (χ3n) is 2.57. The largest absolute Gasteiger partial charge is 0.339 e. The Labute approximate surface area is 78.9 Å². The molecule has 3 heteroatoms. The highest BCUT2D eigenvalue weighted by Gasteiger charge is 2.25. The normalized spacial score (nSPS) is 30.4. The summed E-state index contributed by atoms with van der Waals surface area (Å²) in [6.07, 6.45) is 2.23. The van der Waals surface area contributed by atoms with Gasteiger partial charge in [0, 0.05) is 12.6 Å². The number of halogens is 1. The maximum Gasteiger partial charge on any atom is 0.237 e. The first-order chi connectivity index (χ1) is 5.65. The minimum atomic E-state index is 0.0797. The zero-order valence-electron chi connectivity index (χ0n) is 7.72. The van der Waals surface area contributed by atoms with Gasteiger partial charge in [-0.3, -0.25) is 4.79 Å². The predicted octanol–water partition coefficient (Wildman–Crippen LogP) is 1.87. The van der Waals surface area contributed by atoms with Crippen molar-refractivity contribution >= 4 is 17.5 Å². The second-order valence-electron chi connectivity index (χ2n) is 3.70. The summed E-state index contributed by atoms with van der Waals surface area (Å²) in [5.41, 5.74) is 0. The molecule has 0 aromatic carbocycles. The minimum Gasteiger partial charge on any atom is -0.339 e. The Balaban J connectivity index is 2.50. The monoisotopic (exact) mass is 189 g/mol. The van der Waals surface area contributed by atoms with E-state index < -0.39 is 0 Å². The molecule has 0 saturated carbocycles. The summed E-state index contributed by atoms with van der Waals surface area (Å²) in [6.45, 7) is 5.22. The van der Waals surface area contributed by atoms with Gasteiger partial charge >= 0.3 is 0 Å². The van der Waals surface area contributed by atoms with Crippen molar-refractivity contribution in [2.75, 3.05) is 12.4 Å². The van der Waals surface area contributed by atoms with Gasteiger partial charge in [-0.2, -0.15) is 0 Å². The summed E-state index contributed by atoms with van der Waals surface area (Å²) < 4.78 is 0. The number of amides is 1. The van der Waals surface area contributed by atoms with E-state index in [9.17, 15) is 4.79 Å². The van der Waals surface area contributed by atoms with Gasteiger partial charge in [-0.25, -0.2) is 0 Å². The maximum absolute atomic E-state index is 11.3. The summed E-state index contributed by atoms with van der Waals surface area (Å²) in [6, 6.07) is 0.375. The van der Waals surface area contributed by atoms with Crippen LogP contribution in [0.25, 0.3) is 0 Å². The molecule has 0 aliphatic carbocycles. The van der Waals surface area contributed by atoms with Gasteiger partial charge in [-0.05, 0) is 25.7 Å². The zero-order chi connectivity index (χ0) is 9.14. The van der Waals surface area contributed by atoms with Gasteiger partial charge in [-0.1, -0.05) is 6.92 Å². The van der Waals surface area contributed by atoms with Crippen LogP contribution < -0.4 is 0 Å². The molecule has 2 atom stereocenters. The number of carbonyl (C=O) groups excluding carboxylic acids is 1. The lowest BCUT2D eigenvalue weighted by Crippen LogP contribution is -2.44. The van der Waals surface area contributed by atoms with Crippen LogP contribution in [0.1, 0.15) is 26.7 Å². The fourth-order valence-corrected chi connectivity index (χ4v) is 2.01. The molecule has 1 fully saturated rings. The van der Waals surface area contributed by atoms with Gasteiger partial charge in [0.05, 0.1) is 0 Å². The molecule has 70 valence electrons. The molecule has 1 heterocycles. The summed E-state index contributed by atoms with van der Waals surface area (Å²) in [5, 5.41) is 0. The Morgan fingerprint density at radius 3 is 2.75 bits per heavy atom. The number of nitrogens with zero attached hydrogens (tertiary/aromatic N) is 1. The van der Waals surface area contributed by atoms with Crippen molar-refractivity contribution < 1.29 is 4.79 Å². The molecule has 0 spiro atoms. The molecule has 1 saturated heterocycles. The van der Waals surface area contributed by atoms with E-state index in [2.05, 4.69) is 13.8 Å². The lowest BCUT2D eigenvalue weighted by molar-refractivity contribution is -0.132. The maximum atomic E-state index is 11.3. The number of hydrogen-bond acceptors (Lipinski definition) is 1. The molecule has 12 heavy (non-hydrogen) atoms. The van der Waals surface area contributed by atoms with Crippen molar-refractivity contribution in [3.63, 3.8) is 0 Å². The fraction of sp³-hybridized carbons (Fsp3) is 0.889. The first kappa shape index (κ1) is 9.85. The molecule has 0 unspecified atom stereocenters. The lowest BCUT2D eigenvalue weighted by atomic mass is 9.93. The highest BCUT2D eigenvalue weighted by molar-refractivity contribution is 6.27. The Bertz CT molecular complexity index is 172. The van der Waals surface area contributed by atoms with Gasteiger partial charge in [0.1, 0.15) is 5.88 Å². The third-order valence-corrected chi connectivity index (χ3v) is 2.80. The van der Waals surface area contributed by atoms with Crippen LogP contribution in [0.4, 0.5) is 0 Å². The molecule has 0 N–H and O–H groups in total. The molecule has 1 aliphatic rings. The van der Waals surface area contributed by atoms with E-state index in [1.54, 1.807) is 0 Å². The average Bonchev–Trinajstić information content (AvgIpc) is 2.03. The standard InChI is InChI=1S/C9H16ClNO/c1-7-3-4-11(8(2)5-7)9(12)6-10/h7-8H,3-6H2,1-2H3/t7-,8-/m0/s1. The Hall–Kier alpha value is -0.240. The van der Waals surface area contributed by atoms with E-state index in [0.29, 0.717) is 6.04 Å². The summed E-state index contributed by atoms with van der Waals surface area (Å²) in [7, 11) is 0. The second-order valence-corrected chi connectivity index (χ2v) is 3.97. The van der Waals surface area contributed by atoms with Crippen molar-refractivity contribution in [3.8, 4) is 0 Å². The number of likely N-dealkylation sites (tertiary alicyclic amines) is 1. The first-order valence-corrected chi connectivity index (χ1v) is 5.04. The van der Waals surface area contributed by atoms with Crippen LogP contribution >= 0.6 is 11.6 Å². The van der Waals surface area contributed by atoms with E-state index in [0.717, 1.165) is 25.3 Å². The quantitative estimate of drug-likeness (QED) is 0.577. The Morgan fingerprint density at radius 1 is 1.58 bits per heavy atom. The van der Waals surface area contributed by atoms with Crippen LogP contribution in [0.3, 0.4) is 0 Å². The van der Waals surface area contributed by atoms with E-state index in [1.165, 1.54) is 0 Å². The molecule has 0 aromatic heterocycles. The van der Waals surface area contributed by atoms with Crippen LogP contribution in [0.2, 0.25) is 0 Å². The summed E-state index contributed by atoms with van der Waals surface area (Å²) >= 11 is 5.50. The van der Waals surface area contributed by atoms with Crippen molar-refractivity contribution in [2.45, 2.75) is 32.7 Å². The Kier molecular flexibility index (Phi) is 3.39. The predicted molar refractivity (Wildman–Crippen MR) is 50.3 cm³/mol. The van der Waals surface area contributed by atoms with Crippen LogP contribution in [-0.2, 0) is 4.79 Å². The van der Waals surface area contributed by atoms with Gasteiger partial charge in [0.25, 0.3) is 0 Å². The smallest absolute Gasteiger partial charge is 0.237 e. The molecule has 0 radical (unpaired) electrons. The number of hydrogen-bond donors (Lipinski definition) is 0. The SMILES string of the molecule is C[C@H]1CCN(C(=O)CCl)[C@@H](C)C1. The highest BCUT2D eigenvalue weighted by Crippen LogP contribution is 2.22. The second kappa shape index (κ2) is 4.13. The number of carbonyl (C=O) groups is 1. The van der Waals surface area contributed by atoms with E-state index >= 15 is 0 Å². The topological polar surface area (TPSA) is 20.3 Å². The van der Waals surface area contributed by atoms with Crippen molar-refractivity contribution in [1.82, 2.24) is 4.90 Å². The van der Waals surface area contributed by atoms with Crippen molar-refractivity contribution in [1.29, 1.82) is 0 Å². The van der Waals surface area contributed by atoms with Crippen LogP contribution in [-0.4, -0.2) is 29.3 Å². The number of alkyl halides is 1. The lowest BCUT2D eigenvalue weighted by Gasteiger charge is -2.36. The summed E-state index contributed by atoms with van der Waals surface area (Å²) in [4.78, 5) is 13.2. The van der Waals surface area contributed by atoms with Gasteiger partial charge in [0.2, 0.25) is 5.91 Å². The molecular weight excluding hydrogens is 174 g/mol. The van der Waals surface area contributed by atoms with Gasteiger partial charge in [-0.15, -0.1) is 11.6 Å². The molecule has 0 bridgehead atoms. The van der Waals surface area contributed by atoms with Gasteiger partial charge < -0.3 is 4.90 Å². The van der Waals surface area contributed by atoms with E-state index in [-0.39, 0.29) is 11.8 Å². The van der Waals surface area contributed by atoms with Crippen LogP contribution in [0, 0.1) is 5.92 Å². The minimum absolute atomic E-state index is 0.0797. The molecule has 1 aliphatic heterocycles. The van der Waals surface area contributed by atoms with Crippen molar-refractivity contribution in [2.24, 2.45) is 5.92 Å². The van der Waals surface area contributed by atoms with E-state index in [4.69, 9.17) is 11.6 Å². The summed E-state index contributed by atoms with van der Waals surface area (Å²) in [5.74, 6) is 0.953. The average molecular weight is 190 g/mol. The molecule has 2 nitrogen and oxygen atoms in total.